The average molecular weight is 300 g/mol. The van der Waals surface area contributed by atoms with Crippen LogP contribution in [0.4, 0.5) is 0 Å². The monoisotopic (exact) mass is 300 g/mol. The summed E-state index contributed by atoms with van der Waals surface area (Å²) in [5.74, 6) is 0.0994. The molecule has 1 atom stereocenters. The Kier molecular flexibility index (Phi) is 6.61. The van der Waals surface area contributed by atoms with E-state index in [1.807, 2.05) is 32.0 Å². The minimum absolute atomic E-state index is 0.0622. The van der Waals surface area contributed by atoms with Gasteiger partial charge < -0.3 is 10.5 Å². The van der Waals surface area contributed by atoms with Crippen molar-refractivity contribution in [3.05, 3.63) is 35.4 Å². The molecule has 0 aliphatic heterocycles. The number of ether oxygens (including phenoxy) is 1. The molecular formula is C14H24N2O3S. The molecular weight excluding hydrogens is 276 g/mol. The number of benzene rings is 1. The molecule has 0 aromatic heterocycles. The van der Waals surface area contributed by atoms with Crippen molar-refractivity contribution in [1.82, 2.24) is 4.72 Å². The first kappa shape index (κ1) is 17.1. The van der Waals surface area contributed by atoms with Crippen molar-refractivity contribution in [1.29, 1.82) is 0 Å². The van der Waals surface area contributed by atoms with Crippen LogP contribution in [0.2, 0.25) is 0 Å². The third-order valence-electron chi connectivity index (χ3n) is 3.17. The Labute approximate surface area is 121 Å². The summed E-state index contributed by atoms with van der Waals surface area (Å²) in [6.07, 6.45) is 0. The Bertz CT molecular complexity index is 515. The Morgan fingerprint density at radius 3 is 2.35 bits per heavy atom. The van der Waals surface area contributed by atoms with E-state index >= 15 is 0 Å². The average Bonchev–Trinajstić information content (AvgIpc) is 2.38. The van der Waals surface area contributed by atoms with Crippen molar-refractivity contribution < 1.29 is 13.2 Å². The number of nitrogens with two attached hydrogens (primary N) is 1. The molecule has 0 radical (unpaired) electrons. The first-order valence-corrected chi connectivity index (χ1v) is 8.30. The highest BCUT2D eigenvalue weighted by atomic mass is 32.2. The molecule has 0 saturated heterocycles. The smallest absolute Gasteiger partial charge is 0.216 e. The van der Waals surface area contributed by atoms with Crippen molar-refractivity contribution in [2.45, 2.75) is 32.2 Å². The molecule has 3 N–H and O–H groups in total. The van der Waals surface area contributed by atoms with E-state index in [4.69, 9.17) is 10.5 Å². The maximum absolute atomic E-state index is 12.3. The number of sulfonamides is 1. The number of rotatable bonds is 8. The quantitative estimate of drug-likeness (QED) is 0.757. The largest absolute Gasteiger partial charge is 0.383 e. The molecule has 5 nitrogen and oxygen atoms in total. The molecule has 0 aliphatic carbocycles. The van der Waals surface area contributed by atoms with Gasteiger partial charge in [-0.3, -0.25) is 0 Å². The molecule has 0 bridgehead atoms. The van der Waals surface area contributed by atoms with Gasteiger partial charge in [0.1, 0.15) is 0 Å². The molecule has 0 saturated carbocycles. The lowest BCUT2D eigenvalue weighted by Crippen LogP contribution is -2.42. The number of nitrogens with one attached hydrogen (secondary N) is 1. The third kappa shape index (κ3) is 5.20. The summed E-state index contributed by atoms with van der Waals surface area (Å²) in [5, 5.41) is 0. The molecule has 1 unspecified atom stereocenters. The second-order valence-electron chi connectivity index (χ2n) is 5.16. The van der Waals surface area contributed by atoms with Gasteiger partial charge in [-0.05, 0) is 17.0 Å². The predicted octanol–water partition coefficient (Wildman–Crippen LogP) is 1.24. The highest BCUT2D eigenvalue weighted by Crippen LogP contribution is 2.13. The standard InChI is InChI=1S/C14H24N2O3S/c1-11(2)14(9-19-3)16-20(17,18)10-13-7-5-4-6-12(13)8-15/h4-7,11,14,16H,8-10,15H2,1-3H3. The Morgan fingerprint density at radius 2 is 1.85 bits per heavy atom. The fourth-order valence-corrected chi connectivity index (χ4v) is 3.49. The van der Waals surface area contributed by atoms with Gasteiger partial charge in [0.2, 0.25) is 10.0 Å². The van der Waals surface area contributed by atoms with Gasteiger partial charge in [0.05, 0.1) is 12.4 Å². The third-order valence-corrected chi connectivity index (χ3v) is 4.52. The molecule has 0 heterocycles. The van der Waals surface area contributed by atoms with Crippen LogP contribution in [0, 0.1) is 5.92 Å². The Hall–Kier alpha value is -0.950. The predicted molar refractivity (Wildman–Crippen MR) is 80.6 cm³/mol. The zero-order chi connectivity index (χ0) is 15.2. The number of methoxy groups -OCH3 is 1. The lowest BCUT2D eigenvalue weighted by Gasteiger charge is -2.21. The van der Waals surface area contributed by atoms with Crippen LogP contribution < -0.4 is 10.5 Å². The van der Waals surface area contributed by atoms with Crippen molar-refractivity contribution >= 4 is 10.0 Å². The molecule has 0 amide bonds. The minimum Gasteiger partial charge on any atom is -0.383 e. The van der Waals surface area contributed by atoms with E-state index in [2.05, 4.69) is 4.72 Å². The minimum atomic E-state index is -3.42. The van der Waals surface area contributed by atoms with E-state index in [1.54, 1.807) is 13.2 Å². The lowest BCUT2D eigenvalue weighted by molar-refractivity contribution is 0.157. The van der Waals surface area contributed by atoms with Crippen molar-refractivity contribution in [2.75, 3.05) is 13.7 Å². The summed E-state index contributed by atoms with van der Waals surface area (Å²) in [7, 11) is -1.86. The van der Waals surface area contributed by atoms with E-state index < -0.39 is 10.0 Å². The first-order chi connectivity index (χ1) is 9.39. The van der Waals surface area contributed by atoms with E-state index in [0.29, 0.717) is 13.2 Å². The van der Waals surface area contributed by atoms with Crippen LogP contribution in [0.5, 0.6) is 0 Å². The molecule has 6 heteroatoms. The van der Waals surface area contributed by atoms with Crippen LogP contribution in [-0.2, 0) is 27.1 Å². The molecule has 1 aromatic rings. The van der Waals surface area contributed by atoms with Crippen LogP contribution in [0.25, 0.3) is 0 Å². The highest BCUT2D eigenvalue weighted by Gasteiger charge is 2.21. The fourth-order valence-electron chi connectivity index (χ4n) is 1.92. The molecule has 0 spiro atoms. The van der Waals surface area contributed by atoms with Crippen LogP contribution in [0.3, 0.4) is 0 Å². The van der Waals surface area contributed by atoms with Gasteiger partial charge in [-0.25, -0.2) is 13.1 Å². The molecule has 20 heavy (non-hydrogen) atoms. The second kappa shape index (κ2) is 7.73. The normalized spacial score (nSPS) is 13.7. The Balaban J connectivity index is 2.83. The summed E-state index contributed by atoms with van der Waals surface area (Å²) in [6, 6.07) is 7.09. The maximum atomic E-state index is 12.3. The molecule has 1 rings (SSSR count). The van der Waals surface area contributed by atoms with Crippen molar-refractivity contribution in [3.8, 4) is 0 Å². The van der Waals surface area contributed by atoms with Gasteiger partial charge in [0, 0.05) is 19.7 Å². The lowest BCUT2D eigenvalue weighted by atomic mass is 10.1. The van der Waals surface area contributed by atoms with Crippen LogP contribution in [0.1, 0.15) is 25.0 Å². The SMILES string of the molecule is COCC(NS(=O)(=O)Cc1ccccc1CN)C(C)C. The van der Waals surface area contributed by atoms with Gasteiger partial charge in [0.15, 0.2) is 0 Å². The highest BCUT2D eigenvalue weighted by molar-refractivity contribution is 7.88. The van der Waals surface area contributed by atoms with Crippen LogP contribution in [-0.4, -0.2) is 28.2 Å². The van der Waals surface area contributed by atoms with E-state index in [0.717, 1.165) is 11.1 Å². The van der Waals surface area contributed by atoms with Gasteiger partial charge in [-0.15, -0.1) is 0 Å². The molecule has 1 aromatic carbocycles. The number of hydrogen-bond acceptors (Lipinski definition) is 4. The van der Waals surface area contributed by atoms with Gasteiger partial charge in [-0.1, -0.05) is 38.1 Å². The summed E-state index contributed by atoms with van der Waals surface area (Å²) < 4.78 is 32.3. The second-order valence-corrected chi connectivity index (χ2v) is 6.91. The fraction of sp³-hybridized carbons (Fsp3) is 0.571. The zero-order valence-corrected chi connectivity index (χ0v) is 13.1. The van der Waals surface area contributed by atoms with Gasteiger partial charge in [-0.2, -0.15) is 0 Å². The van der Waals surface area contributed by atoms with Crippen LogP contribution in [0.15, 0.2) is 24.3 Å². The van der Waals surface area contributed by atoms with Gasteiger partial charge >= 0.3 is 0 Å². The Morgan fingerprint density at radius 1 is 1.25 bits per heavy atom. The maximum Gasteiger partial charge on any atom is 0.216 e. The van der Waals surface area contributed by atoms with Crippen molar-refractivity contribution in [3.63, 3.8) is 0 Å². The van der Waals surface area contributed by atoms with Gasteiger partial charge in [0.25, 0.3) is 0 Å². The molecule has 0 aliphatic rings. The van der Waals surface area contributed by atoms with E-state index in [1.165, 1.54) is 0 Å². The summed E-state index contributed by atoms with van der Waals surface area (Å²) in [4.78, 5) is 0. The van der Waals surface area contributed by atoms with E-state index in [9.17, 15) is 8.42 Å². The number of hydrogen-bond donors (Lipinski definition) is 2. The summed E-state index contributed by atoms with van der Waals surface area (Å²) in [6.45, 7) is 4.60. The first-order valence-electron chi connectivity index (χ1n) is 6.65. The zero-order valence-electron chi connectivity index (χ0n) is 12.3. The summed E-state index contributed by atoms with van der Waals surface area (Å²) >= 11 is 0. The summed E-state index contributed by atoms with van der Waals surface area (Å²) in [5.41, 5.74) is 7.22. The molecule has 0 fully saturated rings. The topological polar surface area (TPSA) is 81.4 Å². The van der Waals surface area contributed by atoms with Crippen molar-refractivity contribution in [2.24, 2.45) is 11.7 Å². The van der Waals surface area contributed by atoms with Crippen LogP contribution >= 0.6 is 0 Å². The molecule has 114 valence electrons. The van der Waals surface area contributed by atoms with E-state index in [-0.39, 0.29) is 17.7 Å².